The highest BCUT2D eigenvalue weighted by molar-refractivity contribution is 6.31. The van der Waals surface area contributed by atoms with Crippen molar-refractivity contribution in [3.8, 4) is 11.5 Å². The van der Waals surface area contributed by atoms with Gasteiger partial charge in [0, 0.05) is 0 Å². The van der Waals surface area contributed by atoms with Crippen molar-refractivity contribution in [2.45, 2.75) is 31.4 Å². The van der Waals surface area contributed by atoms with Crippen LogP contribution in [-0.4, -0.2) is 22.9 Å². The van der Waals surface area contributed by atoms with E-state index in [0.29, 0.717) is 12.4 Å². The first kappa shape index (κ1) is 14.4. The summed E-state index contributed by atoms with van der Waals surface area (Å²) in [5, 5.41) is 3.79. The second-order valence-corrected chi connectivity index (χ2v) is 5.46. The van der Waals surface area contributed by atoms with Gasteiger partial charge >= 0.3 is 0 Å². The summed E-state index contributed by atoms with van der Waals surface area (Å²) in [4.78, 5) is 4.12. The van der Waals surface area contributed by atoms with E-state index in [2.05, 4.69) is 10.1 Å². The first-order valence-electron chi connectivity index (χ1n) is 6.80. The lowest BCUT2D eigenvalue weighted by Crippen LogP contribution is -2.27. The van der Waals surface area contributed by atoms with Gasteiger partial charge < -0.3 is 15.0 Å². The minimum Gasteiger partial charge on any atom is -0.376 e. The van der Waals surface area contributed by atoms with E-state index in [1.807, 2.05) is 0 Å². The number of hydrogen-bond donors (Lipinski definition) is 1. The number of nitrogens with zero attached hydrogens (tertiary/aromatic N) is 2. The van der Waals surface area contributed by atoms with E-state index in [1.165, 1.54) is 18.6 Å². The lowest BCUT2D eigenvalue weighted by Gasteiger charge is -2.26. The number of hydrogen-bond acceptors (Lipinski definition) is 5. The number of benzene rings is 1. The van der Waals surface area contributed by atoms with Gasteiger partial charge in [-0.25, -0.2) is 4.39 Å². The Labute approximate surface area is 126 Å². The van der Waals surface area contributed by atoms with Crippen LogP contribution in [0.4, 0.5) is 4.39 Å². The summed E-state index contributed by atoms with van der Waals surface area (Å²) in [6.45, 7) is 0.321. The van der Waals surface area contributed by atoms with Gasteiger partial charge in [-0.1, -0.05) is 22.8 Å². The molecule has 1 aliphatic carbocycles. The van der Waals surface area contributed by atoms with E-state index in [4.69, 9.17) is 26.6 Å². The summed E-state index contributed by atoms with van der Waals surface area (Å²) in [6, 6.07) is 4.10. The van der Waals surface area contributed by atoms with Crippen LogP contribution < -0.4 is 5.73 Å². The van der Waals surface area contributed by atoms with E-state index < -0.39 is 11.9 Å². The Kier molecular flexibility index (Phi) is 4.19. The van der Waals surface area contributed by atoms with Gasteiger partial charge in [-0.15, -0.1) is 0 Å². The Balaban J connectivity index is 1.71. The van der Waals surface area contributed by atoms with Gasteiger partial charge in [0.05, 0.1) is 29.3 Å². The monoisotopic (exact) mass is 311 g/mol. The van der Waals surface area contributed by atoms with Gasteiger partial charge in [-0.2, -0.15) is 4.98 Å². The van der Waals surface area contributed by atoms with Crippen LogP contribution in [0.3, 0.4) is 0 Å². The van der Waals surface area contributed by atoms with Crippen LogP contribution >= 0.6 is 11.6 Å². The summed E-state index contributed by atoms with van der Waals surface area (Å²) in [7, 11) is 0. The molecule has 0 amide bonds. The van der Waals surface area contributed by atoms with E-state index in [-0.39, 0.29) is 22.6 Å². The second kappa shape index (κ2) is 6.09. The summed E-state index contributed by atoms with van der Waals surface area (Å²) in [5.41, 5.74) is 6.11. The molecule has 2 N–H and O–H groups in total. The highest BCUT2D eigenvalue weighted by Crippen LogP contribution is 2.27. The quantitative estimate of drug-likeness (QED) is 0.918. The molecule has 7 heteroatoms. The van der Waals surface area contributed by atoms with Gasteiger partial charge in [0.25, 0.3) is 5.89 Å². The maximum Gasteiger partial charge on any atom is 0.261 e. The minimum atomic E-state index is -0.589. The van der Waals surface area contributed by atoms with E-state index in [1.54, 1.807) is 6.07 Å². The Morgan fingerprint density at radius 1 is 1.48 bits per heavy atom. The van der Waals surface area contributed by atoms with Gasteiger partial charge in [0.1, 0.15) is 0 Å². The molecule has 0 spiro atoms. The molecule has 1 aromatic heterocycles. The van der Waals surface area contributed by atoms with Gasteiger partial charge in [0.2, 0.25) is 0 Å². The first-order chi connectivity index (χ1) is 10.1. The smallest absolute Gasteiger partial charge is 0.261 e. The lowest BCUT2D eigenvalue weighted by atomic mass is 9.96. The maximum absolute atomic E-state index is 13.9. The highest BCUT2D eigenvalue weighted by atomic mass is 35.5. The third kappa shape index (κ3) is 3.07. The van der Waals surface area contributed by atoms with Crippen molar-refractivity contribution in [1.82, 2.24) is 10.1 Å². The molecule has 21 heavy (non-hydrogen) atoms. The number of halogens is 2. The zero-order valence-electron chi connectivity index (χ0n) is 11.3. The Hall–Kier alpha value is -1.50. The molecular weight excluding hydrogens is 297 g/mol. The summed E-state index contributed by atoms with van der Waals surface area (Å²) >= 11 is 5.73. The third-order valence-electron chi connectivity index (χ3n) is 3.52. The molecule has 1 saturated carbocycles. The van der Waals surface area contributed by atoms with Crippen molar-refractivity contribution >= 4 is 11.6 Å². The Morgan fingerprint density at radius 2 is 2.29 bits per heavy atom. The molecule has 112 valence electrons. The molecule has 3 rings (SSSR count). The summed E-state index contributed by atoms with van der Waals surface area (Å²) in [5.74, 6) is -0.235. The molecule has 2 aromatic rings. The molecule has 1 aromatic carbocycles. The average Bonchev–Trinajstić information content (AvgIpc) is 2.89. The van der Waals surface area contributed by atoms with Crippen molar-refractivity contribution in [3.05, 3.63) is 34.9 Å². The van der Waals surface area contributed by atoms with Crippen molar-refractivity contribution < 1.29 is 13.7 Å². The van der Waals surface area contributed by atoms with E-state index in [0.717, 1.165) is 12.8 Å². The molecule has 0 saturated heterocycles. The average molecular weight is 312 g/mol. The van der Waals surface area contributed by atoms with Gasteiger partial charge in [-0.05, 0) is 31.4 Å². The van der Waals surface area contributed by atoms with E-state index >= 15 is 0 Å². The van der Waals surface area contributed by atoms with Crippen LogP contribution in [0.5, 0.6) is 0 Å². The molecule has 1 atom stereocenters. The predicted molar refractivity (Wildman–Crippen MR) is 75.2 cm³/mol. The normalized spacial score (nSPS) is 16.7. The molecule has 1 fully saturated rings. The van der Waals surface area contributed by atoms with Crippen LogP contribution in [0.25, 0.3) is 11.5 Å². The third-order valence-corrected chi connectivity index (χ3v) is 3.81. The van der Waals surface area contributed by atoms with Crippen LogP contribution in [0.1, 0.15) is 31.1 Å². The zero-order valence-corrected chi connectivity index (χ0v) is 12.0. The van der Waals surface area contributed by atoms with Gasteiger partial charge in [0.15, 0.2) is 11.6 Å². The summed E-state index contributed by atoms with van der Waals surface area (Å²) < 4.78 is 24.6. The number of aromatic nitrogens is 2. The molecule has 0 aliphatic heterocycles. The molecule has 5 nitrogen and oxygen atoms in total. The topological polar surface area (TPSA) is 74.2 Å². The standard InChI is InChI=1S/C14H15ClFN3O2/c15-10-6-2-5-9(12(10)16)14-18-13(19-21-14)11(17)7-20-8-3-1-4-8/h2,5-6,8,11H,1,3-4,7,17H2. The van der Waals surface area contributed by atoms with Crippen LogP contribution in [0, 0.1) is 5.82 Å². The fourth-order valence-electron chi connectivity index (χ4n) is 2.02. The Morgan fingerprint density at radius 3 is 3.00 bits per heavy atom. The van der Waals surface area contributed by atoms with Crippen molar-refractivity contribution in [2.24, 2.45) is 5.73 Å². The van der Waals surface area contributed by atoms with Crippen molar-refractivity contribution in [3.63, 3.8) is 0 Å². The van der Waals surface area contributed by atoms with Crippen LogP contribution in [0.2, 0.25) is 5.02 Å². The molecule has 1 unspecified atom stereocenters. The summed E-state index contributed by atoms with van der Waals surface area (Å²) in [6.07, 6.45) is 3.61. The highest BCUT2D eigenvalue weighted by Gasteiger charge is 2.22. The lowest BCUT2D eigenvalue weighted by molar-refractivity contribution is -0.00549. The van der Waals surface area contributed by atoms with E-state index in [9.17, 15) is 4.39 Å². The largest absolute Gasteiger partial charge is 0.376 e. The molecule has 1 aliphatic rings. The molecule has 0 radical (unpaired) electrons. The molecular formula is C14H15ClFN3O2. The second-order valence-electron chi connectivity index (χ2n) is 5.05. The van der Waals surface area contributed by atoms with Gasteiger partial charge in [-0.3, -0.25) is 0 Å². The molecule has 1 heterocycles. The Bertz CT molecular complexity index is 630. The SMILES string of the molecule is NC(COC1CCC1)c1noc(-c2cccc(Cl)c2F)n1. The fourth-order valence-corrected chi connectivity index (χ4v) is 2.19. The maximum atomic E-state index is 13.9. The number of ether oxygens (including phenoxy) is 1. The van der Waals surface area contributed by atoms with Crippen molar-refractivity contribution in [2.75, 3.05) is 6.61 Å². The zero-order chi connectivity index (χ0) is 14.8. The molecule has 0 bridgehead atoms. The predicted octanol–water partition coefficient (Wildman–Crippen LogP) is 3.10. The first-order valence-corrected chi connectivity index (χ1v) is 7.18. The van der Waals surface area contributed by atoms with Crippen LogP contribution in [0.15, 0.2) is 22.7 Å². The van der Waals surface area contributed by atoms with Crippen molar-refractivity contribution in [1.29, 1.82) is 0 Å². The number of rotatable bonds is 5. The minimum absolute atomic E-state index is 0.00450. The van der Waals surface area contributed by atoms with Crippen LogP contribution in [-0.2, 0) is 4.74 Å². The fraction of sp³-hybridized carbons (Fsp3) is 0.429. The number of nitrogens with two attached hydrogens (primary N) is 1.